The minimum Gasteiger partial charge on any atom is -0.461 e. The van der Waals surface area contributed by atoms with Crippen molar-refractivity contribution in [2.45, 2.75) is 57.7 Å². The maximum Gasteiger partial charge on any atom is 0.319 e. The van der Waals surface area contributed by atoms with E-state index in [1.807, 2.05) is 30.3 Å². The first kappa shape index (κ1) is 27.4. The lowest BCUT2D eigenvalue weighted by Gasteiger charge is -2.34. The summed E-state index contributed by atoms with van der Waals surface area (Å²) in [5, 5.41) is 2.78. The second-order valence-electron chi connectivity index (χ2n) is 14.1. The van der Waals surface area contributed by atoms with Crippen LogP contribution >= 0.6 is 11.6 Å². The number of alkyl halides is 1. The van der Waals surface area contributed by atoms with Gasteiger partial charge in [-0.3, -0.25) is 9.88 Å². The van der Waals surface area contributed by atoms with Crippen LogP contribution in [-0.2, 0) is 0 Å². The van der Waals surface area contributed by atoms with Crippen LogP contribution in [0, 0.1) is 23.1 Å². The van der Waals surface area contributed by atoms with Crippen molar-refractivity contribution in [1.29, 1.82) is 0 Å². The lowest BCUT2D eigenvalue weighted by molar-refractivity contribution is 0.107. The number of halogens is 3. The van der Waals surface area contributed by atoms with Crippen LogP contribution in [0.15, 0.2) is 42.6 Å². The zero-order valence-electron chi connectivity index (χ0n) is 24.6. The monoisotopic (exact) mass is 603 g/mol. The van der Waals surface area contributed by atoms with Crippen LogP contribution < -0.4 is 9.64 Å². The van der Waals surface area contributed by atoms with Crippen LogP contribution in [-0.4, -0.2) is 64.3 Å². The summed E-state index contributed by atoms with van der Waals surface area (Å²) in [5.41, 5.74) is 0.650. The van der Waals surface area contributed by atoms with Gasteiger partial charge in [-0.2, -0.15) is 9.97 Å². The van der Waals surface area contributed by atoms with E-state index in [1.165, 1.54) is 19.3 Å². The van der Waals surface area contributed by atoms with Gasteiger partial charge in [0.2, 0.25) is 0 Å². The van der Waals surface area contributed by atoms with E-state index < -0.39 is 17.5 Å². The van der Waals surface area contributed by atoms with Crippen molar-refractivity contribution in [2.24, 2.45) is 17.3 Å². The third-order valence-electron chi connectivity index (χ3n) is 10.2. The van der Waals surface area contributed by atoms with E-state index in [0.29, 0.717) is 46.6 Å². The summed E-state index contributed by atoms with van der Waals surface area (Å²) in [6, 6.07) is 11.5. The third kappa shape index (κ3) is 4.63. The van der Waals surface area contributed by atoms with Crippen LogP contribution in [0.5, 0.6) is 6.01 Å². The highest BCUT2D eigenvalue weighted by atomic mass is 35.5. The zero-order valence-corrected chi connectivity index (χ0v) is 25.4. The molecule has 2 bridgehead atoms. The third-order valence-corrected chi connectivity index (χ3v) is 10.6. The molecule has 1 aliphatic carbocycles. The van der Waals surface area contributed by atoms with Crippen LogP contribution in [0.2, 0.25) is 5.02 Å². The predicted octanol–water partition coefficient (Wildman–Crippen LogP) is 7.47. The van der Waals surface area contributed by atoms with Crippen molar-refractivity contribution in [2.75, 3.05) is 37.7 Å². The maximum absolute atomic E-state index is 16.7. The molecular weight excluding hydrogens is 568 g/mol. The molecule has 5 heterocycles. The van der Waals surface area contributed by atoms with E-state index in [9.17, 15) is 4.39 Å². The number of anilines is 1. The van der Waals surface area contributed by atoms with Crippen molar-refractivity contribution in [1.82, 2.24) is 19.9 Å². The molecule has 4 aliphatic rings. The van der Waals surface area contributed by atoms with E-state index >= 15 is 4.39 Å². The van der Waals surface area contributed by atoms with Gasteiger partial charge in [0, 0.05) is 54.8 Å². The van der Waals surface area contributed by atoms with Gasteiger partial charge in [-0.15, -0.1) is 0 Å². The molecule has 3 saturated heterocycles. The Balaban J connectivity index is 1.24. The first-order chi connectivity index (χ1) is 20.7. The van der Waals surface area contributed by atoms with Crippen LogP contribution in [0.1, 0.15) is 46.0 Å². The SMILES string of the molecule is CC1(C)CN2C[C@H](F)CC2(COc2nc(N3CC4CCC(C4)C3)c3cnc(-c4cccc5cccc(Cl)c45)c(F)c3n2)C1. The molecule has 6 nitrogen and oxygen atoms in total. The van der Waals surface area contributed by atoms with E-state index in [1.54, 1.807) is 12.3 Å². The predicted molar refractivity (Wildman–Crippen MR) is 166 cm³/mol. The molecule has 4 fully saturated rings. The van der Waals surface area contributed by atoms with Gasteiger partial charge in [-0.1, -0.05) is 55.8 Å². The Morgan fingerprint density at radius 1 is 1.05 bits per heavy atom. The number of pyridine rings is 1. The summed E-state index contributed by atoms with van der Waals surface area (Å²) >= 11 is 6.61. The van der Waals surface area contributed by atoms with Crippen molar-refractivity contribution < 1.29 is 13.5 Å². The molecule has 0 radical (unpaired) electrons. The minimum atomic E-state index is -0.879. The molecule has 1 saturated carbocycles. The molecule has 8 rings (SSSR count). The number of aromatic nitrogens is 3. The lowest BCUT2D eigenvalue weighted by Crippen LogP contribution is -2.43. The Hall–Kier alpha value is -3.10. The Kier molecular flexibility index (Phi) is 6.36. The smallest absolute Gasteiger partial charge is 0.319 e. The summed E-state index contributed by atoms with van der Waals surface area (Å²) in [4.78, 5) is 18.7. The van der Waals surface area contributed by atoms with Crippen LogP contribution in [0.25, 0.3) is 32.9 Å². The number of nitrogens with zero attached hydrogens (tertiary/aromatic N) is 5. The molecule has 3 aliphatic heterocycles. The van der Waals surface area contributed by atoms with Gasteiger partial charge in [0.25, 0.3) is 0 Å². The quantitative estimate of drug-likeness (QED) is 0.236. The Labute approximate surface area is 255 Å². The molecule has 9 heteroatoms. The average molecular weight is 604 g/mol. The molecule has 0 amide bonds. The molecule has 4 aromatic rings. The highest BCUT2D eigenvalue weighted by Crippen LogP contribution is 2.48. The first-order valence-corrected chi connectivity index (χ1v) is 15.9. The normalized spacial score (nSPS) is 28.2. The Bertz CT molecular complexity index is 1730. The van der Waals surface area contributed by atoms with Gasteiger partial charge in [0.15, 0.2) is 5.82 Å². The maximum atomic E-state index is 16.7. The van der Waals surface area contributed by atoms with Gasteiger partial charge in [-0.25, -0.2) is 8.78 Å². The standard InChI is InChI=1S/C34H36ClF2N5O/c1-33(2)17-34(12-23(36)16-42(34)18-33)19-43-32-39-30-25(31(40-32)41-14-20-9-10-21(11-20)15-41)13-38-29(28(30)37)24-7-3-5-22-6-4-8-26(35)27(22)24/h3-8,13,20-21,23H,9-12,14-19H2,1-2H3/t20?,21?,23-,34?/m1/s1. The summed E-state index contributed by atoms with van der Waals surface area (Å²) in [7, 11) is 0. The number of fused-ring (bicyclic) bond motifs is 5. The van der Waals surface area contributed by atoms with Crippen molar-refractivity contribution in [3.05, 3.63) is 53.4 Å². The van der Waals surface area contributed by atoms with Crippen molar-refractivity contribution in [3.8, 4) is 17.3 Å². The second-order valence-corrected chi connectivity index (χ2v) is 14.5. The van der Waals surface area contributed by atoms with Crippen LogP contribution in [0.4, 0.5) is 14.6 Å². The van der Waals surface area contributed by atoms with E-state index in [0.717, 1.165) is 36.8 Å². The summed E-state index contributed by atoms with van der Waals surface area (Å²) < 4.78 is 37.7. The Morgan fingerprint density at radius 3 is 2.60 bits per heavy atom. The van der Waals surface area contributed by atoms with E-state index in [4.69, 9.17) is 21.3 Å². The van der Waals surface area contributed by atoms with Crippen molar-refractivity contribution in [3.63, 3.8) is 0 Å². The minimum absolute atomic E-state index is 0.0678. The van der Waals surface area contributed by atoms with Crippen molar-refractivity contribution >= 4 is 39.1 Å². The van der Waals surface area contributed by atoms with E-state index in [-0.39, 0.29) is 29.2 Å². The fourth-order valence-electron chi connectivity index (χ4n) is 8.71. The molecule has 2 aromatic heterocycles. The van der Waals surface area contributed by atoms with Gasteiger partial charge in [0.05, 0.1) is 10.9 Å². The molecular formula is C34H36ClF2N5O. The second kappa shape index (κ2) is 9.96. The first-order valence-electron chi connectivity index (χ1n) is 15.5. The zero-order chi connectivity index (χ0) is 29.5. The number of rotatable bonds is 5. The highest BCUT2D eigenvalue weighted by molar-refractivity contribution is 6.36. The average Bonchev–Trinajstić information content (AvgIpc) is 3.55. The largest absolute Gasteiger partial charge is 0.461 e. The molecule has 4 atom stereocenters. The number of piperidine rings is 1. The van der Waals surface area contributed by atoms with Gasteiger partial charge >= 0.3 is 6.01 Å². The lowest BCUT2D eigenvalue weighted by atomic mass is 9.82. The Morgan fingerprint density at radius 2 is 1.81 bits per heavy atom. The molecule has 0 N–H and O–H groups in total. The van der Waals surface area contributed by atoms with Gasteiger partial charge in [-0.05, 0) is 54.4 Å². The molecule has 43 heavy (non-hydrogen) atoms. The summed E-state index contributed by atoms with van der Waals surface area (Å²) in [6.45, 7) is 7.71. The van der Waals surface area contributed by atoms with Gasteiger partial charge in [0.1, 0.15) is 29.8 Å². The van der Waals surface area contributed by atoms with Crippen LogP contribution in [0.3, 0.4) is 0 Å². The fraction of sp³-hybridized carbons (Fsp3) is 0.500. The summed E-state index contributed by atoms with van der Waals surface area (Å²) in [6.07, 6.45) is 5.74. The molecule has 2 aromatic carbocycles. The highest BCUT2D eigenvalue weighted by Gasteiger charge is 2.55. The number of hydrogen-bond donors (Lipinski definition) is 0. The number of hydrogen-bond acceptors (Lipinski definition) is 6. The molecule has 0 spiro atoms. The number of benzene rings is 2. The summed E-state index contributed by atoms with van der Waals surface area (Å²) in [5.74, 6) is 1.36. The molecule has 3 unspecified atom stereocenters. The van der Waals surface area contributed by atoms with E-state index in [2.05, 4.69) is 33.6 Å². The van der Waals surface area contributed by atoms with Gasteiger partial charge < -0.3 is 9.64 Å². The molecule has 224 valence electrons. The number of ether oxygens (including phenoxy) is 1. The topological polar surface area (TPSA) is 54.4 Å². The fourth-order valence-corrected chi connectivity index (χ4v) is 8.99.